The second-order valence-corrected chi connectivity index (χ2v) is 15.8. The van der Waals surface area contributed by atoms with E-state index in [-0.39, 0.29) is 11.6 Å². The maximum absolute atomic E-state index is 6.45. The number of ether oxygens (including phenoxy) is 2. The van der Waals surface area contributed by atoms with Gasteiger partial charge in [-0.3, -0.25) is 0 Å². The highest BCUT2D eigenvalue weighted by Crippen LogP contribution is 2.56. The zero-order chi connectivity index (χ0) is 31.8. The maximum atomic E-state index is 6.45. The lowest BCUT2D eigenvalue weighted by atomic mass is 9.76. The van der Waals surface area contributed by atoms with Crippen LogP contribution in [0.1, 0.15) is 114 Å². The highest BCUT2D eigenvalue weighted by Gasteiger charge is 2.56. The summed E-state index contributed by atoms with van der Waals surface area (Å²) in [5.41, 5.74) is 8.01. The number of hydrogen-bond donors (Lipinski definition) is 0. The van der Waals surface area contributed by atoms with E-state index >= 15 is 0 Å². The Morgan fingerprint density at radius 3 is 2.53 bits per heavy atom. The minimum absolute atomic E-state index is 0.204. The molecular weight excluding hydrogens is 574 g/mol. The maximum Gasteiger partial charge on any atom is 0.103 e. The van der Waals surface area contributed by atoms with Crippen LogP contribution in [-0.2, 0) is 15.9 Å². The number of methoxy groups -OCH3 is 1. The minimum atomic E-state index is 0.204. The Kier molecular flexibility index (Phi) is 9.12. The van der Waals surface area contributed by atoms with Gasteiger partial charge < -0.3 is 14.4 Å². The van der Waals surface area contributed by atoms with E-state index in [0.29, 0.717) is 29.7 Å². The molecule has 7 aliphatic rings. The fraction of sp³-hybridized carbons (Fsp3) is 0.591. The van der Waals surface area contributed by atoms with Gasteiger partial charge in [0.1, 0.15) is 5.76 Å². The van der Waals surface area contributed by atoms with E-state index in [0.717, 1.165) is 25.4 Å². The quantitative estimate of drug-likeness (QED) is 0.169. The molecule has 6 aliphatic carbocycles. The minimum Gasteiger partial charge on any atom is -0.498 e. The third-order valence-corrected chi connectivity index (χ3v) is 12.7. The van der Waals surface area contributed by atoms with Gasteiger partial charge in [-0.2, -0.15) is 0 Å². The second kappa shape index (κ2) is 13.6. The van der Waals surface area contributed by atoms with Crippen molar-refractivity contribution in [3.63, 3.8) is 0 Å². The number of benzene rings is 1. The Balaban J connectivity index is 0.929. The molecule has 1 aliphatic heterocycles. The lowest BCUT2D eigenvalue weighted by Crippen LogP contribution is -2.44. The van der Waals surface area contributed by atoms with Gasteiger partial charge in [-0.15, -0.1) is 0 Å². The van der Waals surface area contributed by atoms with Crippen LogP contribution in [0.4, 0.5) is 0 Å². The van der Waals surface area contributed by atoms with Crippen LogP contribution < -0.4 is 0 Å². The fourth-order valence-corrected chi connectivity index (χ4v) is 9.83. The Morgan fingerprint density at radius 2 is 1.83 bits per heavy atom. The molecule has 250 valence electrons. The van der Waals surface area contributed by atoms with Crippen molar-refractivity contribution in [2.75, 3.05) is 13.7 Å². The van der Waals surface area contributed by atoms with Gasteiger partial charge in [0.15, 0.2) is 0 Å². The van der Waals surface area contributed by atoms with E-state index in [4.69, 9.17) is 9.47 Å². The van der Waals surface area contributed by atoms with Crippen LogP contribution in [-0.4, -0.2) is 36.3 Å². The van der Waals surface area contributed by atoms with Crippen molar-refractivity contribution in [2.45, 2.75) is 127 Å². The SMILES string of the molecule is CCOC(=C1CC1)C(C1=CC=CCC1)C1CCCC(c2ccc(C[C@@H]3C=CN(C4(C5=CC(OC)CC=C5)CC4)C3C3CC3)cc2)CC1. The Morgan fingerprint density at radius 1 is 0.979 bits per heavy atom. The molecular formula is C44H57NO2. The molecule has 0 amide bonds. The van der Waals surface area contributed by atoms with Gasteiger partial charge in [-0.1, -0.05) is 78.8 Å². The predicted molar refractivity (Wildman–Crippen MR) is 193 cm³/mol. The molecule has 1 heterocycles. The van der Waals surface area contributed by atoms with Crippen molar-refractivity contribution in [1.82, 2.24) is 4.90 Å². The lowest BCUT2D eigenvalue weighted by molar-refractivity contribution is 0.137. The monoisotopic (exact) mass is 631 g/mol. The predicted octanol–water partition coefficient (Wildman–Crippen LogP) is 10.5. The molecule has 0 N–H and O–H groups in total. The molecule has 4 fully saturated rings. The van der Waals surface area contributed by atoms with E-state index < -0.39 is 0 Å². The van der Waals surface area contributed by atoms with E-state index in [9.17, 15) is 0 Å². The molecule has 6 atom stereocenters. The first-order valence-electron chi connectivity index (χ1n) is 19.3. The standard InChI is InChI=1S/C44H57NO2/c1-3-47-43(37-23-24-37)41(34-9-5-4-6-10-34)35-12-7-11-32(19-20-35)33-17-15-31(16-18-33)29-38-25-28-45(42(38)36-21-22-36)44(26-27-44)39-13-8-14-40(30-39)46-2/h4-5,8-9,13,15-18,25,28,30,32,35-36,38,40-42H,3,6-7,10-12,14,19-24,26-27,29H2,1-2H3/t32?,35?,38-,40?,41?,42?/m0/s1. The van der Waals surface area contributed by atoms with Crippen molar-refractivity contribution in [3.8, 4) is 0 Å². The average molecular weight is 632 g/mol. The van der Waals surface area contributed by atoms with Crippen LogP contribution >= 0.6 is 0 Å². The number of allylic oxidation sites excluding steroid dienone is 5. The molecule has 47 heavy (non-hydrogen) atoms. The van der Waals surface area contributed by atoms with Crippen molar-refractivity contribution < 1.29 is 9.47 Å². The Labute approximate surface area is 284 Å². The summed E-state index contributed by atoms with van der Waals surface area (Å²) < 4.78 is 12.2. The molecule has 0 bridgehead atoms. The molecule has 0 aromatic heterocycles. The molecule has 3 heteroatoms. The van der Waals surface area contributed by atoms with Crippen molar-refractivity contribution in [2.24, 2.45) is 23.7 Å². The Bertz CT molecular complexity index is 1460. The van der Waals surface area contributed by atoms with Gasteiger partial charge in [0.25, 0.3) is 0 Å². The van der Waals surface area contributed by atoms with Gasteiger partial charge in [0, 0.05) is 25.0 Å². The summed E-state index contributed by atoms with van der Waals surface area (Å²) in [6.07, 6.45) is 38.5. The van der Waals surface area contributed by atoms with Gasteiger partial charge in [-0.25, -0.2) is 0 Å². The fourth-order valence-electron chi connectivity index (χ4n) is 9.83. The summed E-state index contributed by atoms with van der Waals surface area (Å²) in [4.78, 5) is 2.81. The topological polar surface area (TPSA) is 21.7 Å². The van der Waals surface area contributed by atoms with E-state index in [1.54, 1.807) is 16.7 Å². The second-order valence-electron chi connectivity index (χ2n) is 15.8. The van der Waals surface area contributed by atoms with Crippen molar-refractivity contribution in [3.05, 3.63) is 107 Å². The number of rotatable bonds is 12. The molecule has 3 nitrogen and oxygen atoms in total. The summed E-state index contributed by atoms with van der Waals surface area (Å²) in [6.45, 7) is 2.96. The molecule has 0 spiro atoms. The largest absolute Gasteiger partial charge is 0.498 e. The van der Waals surface area contributed by atoms with E-state index in [1.807, 2.05) is 7.11 Å². The molecule has 4 saturated carbocycles. The van der Waals surface area contributed by atoms with Crippen molar-refractivity contribution >= 4 is 0 Å². The lowest BCUT2D eigenvalue weighted by Gasteiger charge is -2.39. The van der Waals surface area contributed by atoms with Crippen LogP contribution in [0.25, 0.3) is 0 Å². The third-order valence-electron chi connectivity index (χ3n) is 12.7. The summed E-state index contributed by atoms with van der Waals surface area (Å²) in [7, 11) is 1.85. The first-order chi connectivity index (χ1) is 23.2. The molecule has 1 aromatic carbocycles. The van der Waals surface area contributed by atoms with Gasteiger partial charge in [0.05, 0.1) is 18.2 Å². The first kappa shape index (κ1) is 31.5. The van der Waals surface area contributed by atoms with Crippen LogP contribution in [0.5, 0.6) is 0 Å². The van der Waals surface area contributed by atoms with Gasteiger partial charge in [-0.05, 0) is 143 Å². The van der Waals surface area contributed by atoms with Gasteiger partial charge in [0.2, 0.25) is 0 Å². The molecule has 8 rings (SSSR count). The summed E-state index contributed by atoms with van der Waals surface area (Å²) in [5, 5.41) is 0. The summed E-state index contributed by atoms with van der Waals surface area (Å²) >= 11 is 0. The third kappa shape index (κ3) is 6.63. The highest BCUT2D eigenvalue weighted by molar-refractivity contribution is 5.43. The zero-order valence-electron chi connectivity index (χ0n) is 29.0. The van der Waals surface area contributed by atoms with Crippen LogP contribution in [0.2, 0.25) is 0 Å². The normalized spacial score (nSPS) is 31.7. The molecule has 5 unspecified atom stereocenters. The van der Waals surface area contributed by atoms with Gasteiger partial charge >= 0.3 is 0 Å². The van der Waals surface area contributed by atoms with Crippen molar-refractivity contribution in [1.29, 1.82) is 0 Å². The average Bonchev–Trinajstić information content (AvgIpc) is 3.97. The smallest absolute Gasteiger partial charge is 0.103 e. The van der Waals surface area contributed by atoms with E-state index in [2.05, 4.69) is 84.8 Å². The summed E-state index contributed by atoms with van der Waals surface area (Å²) in [6, 6.07) is 10.6. The molecule has 0 saturated heterocycles. The first-order valence-corrected chi connectivity index (χ1v) is 19.3. The number of hydrogen-bond acceptors (Lipinski definition) is 3. The van der Waals surface area contributed by atoms with E-state index in [1.165, 1.54) is 100 Å². The van der Waals surface area contributed by atoms with Crippen LogP contribution in [0.3, 0.4) is 0 Å². The molecule has 1 aromatic rings. The zero-order valence-corrected chi connectivity index (χ0v) is 29.0. The highest BCUT2D eigenvalue weighted by atomic mass is 16.5. The van der Waals surface area contributed by atoms with Crippen LogP contribution in [0.15, 0.2) is 95.5 Å². The number of nitrogens with zero attached hydrogens (tertiary/aromatic N) is 1. The summed E-state index contributed by atoms with van der Waals surface area (Å²) in [5.74, 6) is 4.71. The Hall–Kier alpha value is -2.78. The van der Waals surface area contributed by atoms with Crippen LogP contribution in [0, 0.1) is 23.7 Å². The molecule has 0 radical (unpaired) electrons.